The van der Waals surface area contributed by atoms with Gasteiger partial charge in [0.2, 0.25) is 5.91 Å². The van der Waals surface area contributed by atoms with Crippen LogP contribution in [0.15, 0.2) is 59.5 Å². The summed E-state index contributed by atoms with van der Waals surface area (Å²) in [6.45, 7) is 3.68. The summed E-state index contributed by atoms with van der Waals surface area (Å²) < 4.78 is 5.14. The molecule has 28 heavy (non-hydrogen) atoms. The smallest absolute Gasteiger partial charge is 0.230 e. The number of aliphatic hydroxyl groups excluding tert-OH is 1. The van der Waals surface area contributed by atoms with E-state index in [0.29, 0.717) is 11.5 Å². The van der Waals surface area contributed by atoms with Gasteiger partial charge in [-0.2, -0.15) is 5.26 Å². The topological polar surface area (TPSA) is 112 Å². The maximum Gasteiger partial charge on any atom is 0.230 e. The first-order chi connectivity index (χ1) is 13.4. The third kappa shape index (κ3) is 4.08. The summed E-state index contributed by atoms with van der Waals surface area (Å²) in [4.78, 5) is 20.9. The Morgan fingerprint density at radius 2 is 2.04 bits per heavy atom. The minimum Gasteiger partial charge on any atom is -0.467 e. The molecule has 142 valence electrons. The molecule has 0 saturated carbocycles. The molecule has 1 unspecified atom stereocenters. The third-order valence-corrected chi connectivity index (χ3v) is 4.55. The van der Waals surface area contributed by atoms with E-state index in [0.717, 1.165) is 11.1 Å². The van der Waals surface area contributed by atoms with Crippen LogP contribution in [-0.2, 0) is 10.2 Å². The molecule has 0 bridgehead atoms. The van der Waals surface area contributed by atoms with Gasteiger partial charge >= 0.3 is 0 Å². The zero-order chi connectivity index (χ0) is 20.1. The predicted molar refractivity (Wildman–Crippen MR) is 102 cm³/mol. The van der Waals surface area contributed by atoms with Gasteiger partial charge in [-0.25, -0.2) is 4.98 Å². The zero-order valence-corrected chi connectivity index (χ0v) is 15.6. The Balaban J connectivity index is 1.70. The Hall–Kier alpha value is -3.50. The molecule has 1 amide bonds. The zero-order valence-electron chi connectivity index (χ0n) is 15.6. The molecule has 0 spiro atoms. The van der Waals surface area contributed by atoms with Crippen molar-refractivity contribution in [1.29, 1.82) is 5.26 Å². The molecule has 2 heterocycles. The van der Waals surface area contributed by atoms with Gasteiger partial charge in [0.15, 0.2) is 5.69 Å². The van der Waals surface area contributed by atoms with Gasteiger partial charge in [-0.3, -0.25) is 9.78 Å². The van der Waals surface area contributed by atoms with E-state index < -0.39 is 11.5 Å². The van der Waals surface area contributed by atoms with Crippen LogP contribution < -0.4 is 5.32 Å². The molecule has 0 aliphatic rings. The number of hydrogen-bond donors (Lipinski definition) is 2. The lowest BCUT2D eigenvalue weighted by molar-refractivity contribution is -0.126. The van der Waals surface area contributed by atoms with Gasteiger partial charge in [0, 0.05) is 5.56 Å². The summed E-state index contributed by atoms with van der Waals surface area (Å²) in [5.74, 6) is 0.195. The van der Waals surface area contributed by atoms with Crippen LogP contribution in [0, 0.1) is 11.3 Å². The number of furan rings is 1. The Bertz CT molecular complexity index is 989. The van der Waals surface area contributed by atoms with Crippen LogP contribution in [0.1, 0.15) is 37.0 Å². The van der Waals surface area contributed by atoms with E-state index in [1.54, 1.807) is 18.3 Å². The Morgan fingerprint density at radius 1 is 1.29 bits per heavy atom. The molecule has 1 atom stereocenters. The second kappa shape index (κ2) is 8.03. The summed E-state index contributed by atoms with van der Waals surface area (Å²) in [7, 11) is 0. The van der Waals surface area contributed by atoms with Crippen molar-refractivity contribution in [2.45, 2.75) is 25.4 Å². The van der Waals surface area contributed by atoms with Crippen LogP contribution >= 0.6 is 0 Å². The first kappa shape index (κ1) is 19.3. The van der Waals surface area contributed by atoms with E-state index >= 15 is 0 Å². The van der Waals surface area contributed by atoms with Crippen LogP contribution in [0.5, 0.6) is 0 Å². The van der Waals surface area contributed by atoms with Crippen LogP contribution in [0.4, 0.5) is 0 Å². The Kier molecular flexibility index (Phi) is 5.52. The molecule has 3 aromatic rings. The van der Waals surface area contributed by atoms with Crippen molar-refractivity contribution in [3.63, 3.8) is 0 Å². The van der Waals surface area contributed by atoms with Crippen molar-refractivity contribution in [1.82, 2.24) is 15.3 Å². The van der Waals surface area contributed by atoms with Gasteiger partial charge in [-0.1, -0.05) is 24.3 Å². The monoisotopic (exact) mass is 376 g/mol. The quantitative estimate of drug-likeness (QED) is 0.684. The van der Waals surface area contributed by atoms with E-state index in [2.05, 4.69) is 15.3 Å². The average molecular weight is 376 g/mol. The van der Waals surface area contributed by atoms with Gasteiger partial charge in [0.1, 0.15) is 17.9 Å². The lowest BCUT2D eigenvalue weighted by atomic mass is 9.83. The fourth-order valence-electron chi connectivity index (χ4n) is 2.74. The maximum absolute atomic E-state index is 12.7. The van der Waals surface area contributed by atoms with Crippen LogP contribution in [0.3, 0.4) is 0 Å². The van der Waals surface area contributed by atoms with Crippen LogP contribution in [-0.4, -0.2) is 27.5 Å². The second-order valence-electron chi connectivity index (χ2n) is 6.84. The van der Waals surface area contributed by atoms with E-state index in [1.807, 2.05) is 44.2 Å². The number of amides is 1. The highest BCUT2D eigenvalue weighted by Crippen LogP contribution is 2.26. The van der Waals surface area contributed by atoms with E-state index in [4.69, 9.17) is 9.68 Å². The Morgan fingerprint density at radius 3 is 2.68 bits per heavy atom. The van der Waals surface area contributed by atoms with Gasteiger partial charge in [0.25, 0.3) is 0 Å². The average Bonchev–Trinajstić information content (AvgIpc) is 3.27. The second-order valence-corrected chi connectivity index (χ2v) is 6.84. The van der Waals surface area contributed by atoms with Crippen molar-refractivity contribution in [3.05, 3.63) is 72.1 Å². The number of carbonyl (C=O) groups is 1. The summed E-state index contributed by atoms with van der Waals surface area (Å²) in [6, 6.07) is 12.7. The number of nitriles is 1. The molecular weight excluding hydrogens is 356 g/mol. The molecule has 0 saturated heterocycles. The molecular formula is C21H20N4O3. The maximum atomic E-state index is 12.7. The summed E-state index contributed by atoms with van der Waals surface area (Å²) in [6.07, 6.45) is 3.57. The molecule has 2 N–H and O–H groups in total. The molecule has 0 aliphatic heterocycles. The SMILES string of the molecule is CC(C)(C(=O)NCC(O)c1ccco1)c1ccc(-c2cncc(C#N)n2)cc1. The lowest BCUT2D eigenvalue weighted by Crippen LogP contribution is -2.41. The summed E-state index contributed by atoms with van der Waals surface area (Å²) >= 11 is 0. The van der Waals surface area contributed by atoms with Crippen molar-refractivity contribution >= 4 is 5.91 Å². The number of hydrogen-bond acceptors (Lipinski definition) is 6. The molecule has 1 aromatic carbocycles. The highest BCUT2D eigenvalue weighted by atomic mass is 16.4. The molecule has 2 aromatic heterocycles. The minimum atomic E-state index is -0.900. The van der Waals surface area contributed by atoms with Crippen molar-refractivity contribution in [2.24, 2.45) is 0 Å². The number of nitrogens with one attached hydrogen (secondary N) is 1. The van der Waals surface area contributed by atoms with Gasteiger partial charge < -0.3 is 14.8 Å². The first-order valence-electron chi connectivity index (χ1n) is 8.74. The van der Waals surface area contributed by atoms with Crippen molar-refractivity contribution in [3.8, 4) is 17.3 Å². The van der Waals surface area contributed by atoms with Crippen molar-refractivity contribution in [2.75, 3.05) is 6.54 Å². The number of nitrogens with zero attached hydrogens (tertiary/aromatic N) is 3. The highest BCUT2D eigenvalue weighted by molar-refractivity contribution is 5.87. The lowest BCUT2D eigenvalue weighted by Gasteiger charge is -2.25. The van der Waals surface area contributed by atoms with Gasteiger partial charge in [-0.05, 0) is 31.5 Å². The summed E-state index contributed by atoms with van der Waals surface area (Å²) in [5.41, 5.74) is 1.65. The van der Waals surface area contributed by atoms with Crippen LogP contribution in [0.25, 0.3) is 11.3 Å². The predicted octanol–water partition coefficient (Wildman–Crippen LogP) is 2.74. The third-order valence-electron chi connectivity index (χ3n) is 4.55. The Labute approximate surface area is 162 Å². The van der Waals surface area contributed by atoms with E-state index in [-0.39, 0.29) is 18.1 Å². The number of rotatable bonds is 6. The number of benzene rings is 1. The van der Waals surface area contributed by atoms with Gasteiger partial charge in [-0.15, -0.1) is 0 Å². The molecule has 3 rings (SSSR count). The largest absolute Gasteiger partial charge is 0.467 e. The number of carbonyl (C=O) groups excluding carboxylic acids is 1. The van der Waals surface area contributed by atoms with Crippen molar-refractivity contribution < 1.29 is 14.3 Å². The van der Waals surface area contributed by atoms with E-state index in [9.17, 15) is 9.90 Å². The molecule has 0 fully saturated rings. The first-order valence-corrected chi connectivity index (χ1v) is 8.74. The fourth-order valence-corrected chi connectivity index (χ4v) is 2.74. The standard InChI is InChI=1S/C21H20N4O3/c1-21(2,20(27)24-13-18(26)19-4-3-9-28-19)15-7-5-14(6-8-15)17-12-23-11-16(10-22)25-17/h3-9,11-12,18,26H,13H2,1-2H3,(H,24,27). The highest BCUT2D eigenvalue weighted by Gasteiger charge is 2.30. The van der Waals surface area contributed by atoms with Crippen LogP contribution in [0.2, 0.25) is 0 Å². The van der Waals surface area contributed by atoms with Gasteiger partial charge in [0.05, 0.1) is 36.3 Å². The molecule has 0 aliphatic carbocycles. The number of aliphatic hydroxyl groups is 1. The molecule has 7 heteroatoms. The normalized spacial score (nSPS) is 12.2. The molecule has 7 nitrogen and oxygen atoms in total. The van der Waals surface area contributed by atoms with E-state index in [1.165, 1.54) is 12.5 Å². The fraction of sp³-hybridized carbons (Fsp3) is 0.238. The molecule has 0 radical (unpaired) electrons. The summed E-state index contributed by atoms with van der Waals surface area (Å²) in [5, 5.41) is 21.8. The minimum absolute atomic E-state index is 0.0599. The number of aromatic nitrogens is 2.